The van der Waals surface area contributed by atoms with E-state index in [-0.39, 0.29) is 0 Å². The van der Waals surface area contributed by atoms with E-state index in [2.05, 4.69) is 32.8 Å². The van der Waals surface area contributed by atoms with Crippen molar-refractivity contribution in [2.45, 2.75) is 13.6 Å². The van der Waals surface area contributed by atoms with Crippen LogP contribution >= 0.6 is 0 Å². The summed E-state index contributed by atoms with van der Waals surface area (Å²) >= 11 is 0. The number of rotatable bonds is 6. The zero-order valence-corrected chi connectivity index (χ0v) is 18.1. The number of nitrogens with one attached hydrogen (secondary N) is 2. The molecule has 3 aromatic carbocycles. The van der Waals surface area contributed by atoms with E-state index in [0.29, 0.717) is 11.4 Å². The lowest BCUT2D eigenvalue weighted by molar-refractivity contribution is 0.485. The molecule has 0 amide bonds. The minimum atomic E-state index is -0.496. The lowest BCUT2D eigenvalue weighted by atomic mass is 10.0. The van der Waals surface area contributed by atoms with E-state index in [1.807, 2.05) is 61.7 Å². The summed E-state index contributed by atoms with van der Waals surface area (Å²) in [7, 11) is 0. The van der Waals surface area contributed by atoms with Crippen LogP contribution in [-0.4, -0.2) is 26.4 Å². The van der Waals surface area contributed by atoms with E-state index in [1.54, 1.807) is 18.4 Å². The number of hydrogen-bond donors (Lipinski definition) is 2. The van der Waals surface area contributed by atoms with Crippen molar-refractivity contribution in [1.29, 1.82) is 0 Å². The Bertz CT molecular complexity index is 1540. The van der Waals surface area contributed by atoms with Gasteiger partial charge in [-0.2, -0.15) is 5.10 Å². The van der Waals surface area contributed by atoms with Gasteiger partial charge in [0.2, 0.25) is 0 Å². The largest absolute Gasteiger partial charge is 0.337 e. The van der Waals surface area contributed by atoms with E-state index >= 15 is 0 Å². The van der Waals surface area contributed by atoms with Crippen LogP contribution in [0.4, 0.5) is 4.39 Å². The molecule has 33 heavy (non-hydrogen) atoms. The van der Waals surface area contributed by atoms with E-state index < -0.39 is 6.67 Å². The van der Waals surface area contributed by atoms with Crippen LogP contribution in [0.5, 0.6) is 0 Å². The van der Waals surface area contributed by atoms with Crippen molar-refractivity contribution < 1.29 is 4.39 Å². The van der Waals surface area contributed by atoms with Crippen LogP contribution in [0.3, 0.4) is 0 Å². The van der Waals surface area contributed by atoms with Gasteiger partial charge in [-0.15, -0.1) is 0 Å². The number of allylic oxidation sites excluding steroid dienone is 2. The second-order valence-corrected chi connectivity index (χ2v) is 7.80. The third-order valence-corrected chi connectivity index (χ3v) is 5.61. The molecule has 0 aliphatic carbocycles. The summed E-state index contributed by atoms with van der Waals surface area (Å²) in [6.45, 7) is 5.16. The molecule has 5 rings (SSSR count). The van der Waals surface area contributed by atoms with E-state index in [4.69, 9.17) is 4.98 Å². The fraction of sp³-hybridized carbons (Fsp3) is 0.0741. The smallest absolute Gasteiger partial charge is 0.159 e. The monoisotopic (exact) mass is 435 g/mol. The Labute approximate surface area is 190 Å². The van der Waals surface area contributed by atoms with Crippen LogP contribution in [0, 0.1) is 0 Å². The summed E-state index contributed by atoms with van der Waals surface area (Å²) in [5, 5.41) is 8.60. The normalized spacial score (nSPS) is 12.2. The summed E-state index contributed by atoms with van der Waals surface area (Å²) in [6, 6.07) is 19.6. The topological polar surface area (TPSA) is 69.7 Å². The van der Waals surface area contributed by atoms with Gasteiger partial charge in [-0.05, 0) is 53.5 Å². The highest BCUT2D eigenvalue weighted by molar-refractivity contribution is 5.98. The molecule has 2 aromatic heterocycles. The second kappa shape index (κ2) is 8.67. The minimum absolute atomic E-state index is 0.496. The summed E-state index contributed by atoms with van der Waals surface area (Å²) < 4.78 is 13.2. The highest BCUT2D eigenvalue weighted by Gasteiger charge is 2.15. The van der Waals surface area contributed by atoms with Gasteiger partial charge in [-0.3, -0.25) is 10.1 Å². The number of H-pyrrole nitrogens is 2. The van der Waals surface area contributed by atoms with Crippen LogP contribution < -0.4 is 0 Å². The number of nitrogens with zero attached hydrogens (tertiary/aromatic N) is 3. The van der Waals surface area contributed by atoms with Crippen LogP contribution in [0.15, 0.2) is 84.5 Å². The molecule has 0 bridgehead atoms. The van der Waals surface area contributed by atoms with Crippen LogP contribution in [0.2, 0.25) is 0 Å². The molecular formula is C27H22FN5. The standard InChI is InChI=1S/C27H22FN5/c1-3-12-29-16-17(2)19-10-11-23-22(14-19)26(33-32-23)27-30-24-9-5-8-21(25(24)31-27)20-7-4-6-18(13-20)15-28/h3-14,16H,1,15H2,2H3,(H,30,31)(H,32,33)/b17-16+,29-12?. The number of aliphatic imine (C=N–C) groups is 1. The first-order valence-corrected chi connectivity index (χ1v) is 10.6. The third kappa shape index (κ3) is 3.87. The molecule has 0 spiro atoms. The fourth-order valence-electron chi connectivity index (χ4n) is 3.93. The Kier molecular flexibility index (Phi) is 5.40. The summed E-state index contributed by atoms with van der Waals surface area (Å²) in [5.41, 5.74) is 8.00. The first-order chi connectivity index (χ1) is 16.2. The van der Waals surface area contributed by atoms with Crippen LogP contribution in [0.25, 0.3) is 50.2 Å². The number of para-hydroxylation sites is 1. The van der Waals surface area contributed by atoms with Gasteiger partial charge >= 0.3 is 0 Å². The Morgan fingerprint density at radius 3 is 2.82 bits per heavy atom. The third-order valence-electron chi connectivity index (χ3n) is 5.61. The zero-order chi connectivity index (χ0) is 22.8. The molecule has 0 aliphatic heterocycles. The van der Waals surface area contributed by atoms with E-state index in [0.717, 1.165) is 49.9 Å². The molecule has 0 saturated carbocycles. The number of aromatic amines is 2. The molecule has 0 aliphatic rings. The summed E-state index contributed by atoms with van der Waals surface area (Å²) in [4.78, 5) is 12.5. The molecule has 6 heteroatoms. The SMILES string of the molecule is C=CC=N/C=C(\C)c1ccc2[nH]nc(-c3nc4c(-c5cccc(CF)c5)cccc4[nH]3)c2c1. The predicted octanol–water partition coefficient (Wildman–Crippen LogP) is 6.86. The first-order valence-electron chi connectivity index (χ1n) is 10.6. The lowest BCUT2D eigenvalue weighted by Gasteiger charge is -2.04. The Morgan fingerprint density at radius 2 is 1.97 bits per heavy atom. The van der Waals surface area contributed by atoms with Crippen molar-refractivity contribution in [1.82, 2.24) is 20.2 Å². The maximum atomic E-state index is 13.2. The number of halogens is 1. The van der Waals surface area contributed by atoms with Gasteiger partial charge < -0.3 is 4.98 Å². The second-order valence-electron chi connectivity index (χ2n) is 7.80. The van der Waals surface area contributed by atoms with Gasteiger partial charge in [0, 0.05) is 23.4 Å². The number of alkyl halides is 1. The van der Waals surface area contributed by atoms with Crippen molar-refractivity contribution in [3.8, 4) is 22.6 Å². The zero-order valence-electron chi connectivity index (χ0n) is 18.1. The summed E-state index contributed by atoms with van der Waals surface area (Å²) in [5.74, 6) is 0.675. The Balaban J connectivity index is 1.61. The molecule has 0 saturated heterocycles. The Hall–Kier alpha value is -4.32. The molecule has 0 fully saturated rings. The molecular weight excluding hydrogens is 413 g/mol. The van der Waals surface area contributed by atoms with Gasteiger partial charge in [0.05, 0.1) is 16.6 Å². The maximum Gasteiger partial charge on any atom is 0.159 e. The van der Waals surface area contributed by atoms with Crippen LogP contribution in [-0.2, 0) is 6.67 Å². The number of fused-ring (bicyclic) bond motifs is 2. The quantitative estimate of drug-likeness (QED) is 0.286. The average Bonchev–Trinajstić information content (AvgIpc) is 3.47. The van der Waals surface area contributed by atoms with Crippen molar-refractivity contribution in [3.05, 3.63) is 90.6 Å². The molecule has 2 heterocycles. The number of aromatic nitrogens is 4. The van der Waals surface area contributed by atoms with Crippen molar-refractivity contribution >= 4 is 33.7 Å². The predicted molar refractivity (Wildman–Crippen MR) is 134 cm³/mol. The number of benzene rings is 3. The van der Waals surface area contributed by atoms with Gasteiger partial charge in [-0.25, -0.2) is 9.37 Å². The molecule has 0 unspecified atom stereocenters. The highest BCUT2D eigenvalue weighted by Crippen LogP contribution is 2.32. The van der Waals surface area contributed by atoms with E-state index in [9.17, 15) is 4.39 Å². The maximum absolute atomic E-state index is 13.2. The van der Waals surface area contributed by atoms with Gasteiger partial charge in [0.25, 0.3) is 0 Å². The average molecular weight is 436 g/mol. The van der Waals surface area contributed by atoms with Crippen LogP contribution in [0.1, 0.15) is 18.1 Å². The molecule has 0 radical (unpaired) electrons. The number of imidazole rings is 1. The fourth-order valence-corrected chi connectivity index (χ4v) is 3.93. The Morgan fingerprint density at radius 1 is 1.09 bits per heavy atom. The number of hydrogen-bond acceptors (Lipinski definition) is 3. The minimum Gasteiger partial charge on any atom is -0.337 e. The first kappa shape index (κ1) is 20.6. The molecule has 5 aromatic rings. The summed E-state index contributed by atoms with van der Waals surface area (Å²) in [6.07, 6.45) is 5.10. The molecule has 162 valence electrons. The molecule has 5 nitrogen and oxygen atoms in total. The van der Waals surface area contributed by atoms with Gasteiger partial charge in [0.15, 0.2) is 5.82 Å². The lowest BCUT2D eigenvalue weighted by Crippen LogP contribution is -1.85. The molecule has 2 N–H and O–H groups in total. The van der Waals surface area contributed by atoms with Gasteiger partial charge in [0.1, 0.15) is 12.4 Å². The van der Waals surface area contributed by atoms with Crippen molar-refractivity contribution in [3.63, 3.8) is 0 Å². The van der Waals surface area contributed by atoms with E-state index in [1.165, 1.54) is 0 Å². The molecule has 0 atom stereocenters. The van der Waals surface area contributed by atoms with Crippen molar-refractivity contribution in [2.75, 3.05) is 0 Å². The van der Waals surface area contributed by atoms with Gasteiger partial charge in [-0.1, -0.05) is 49.1 Å². The highest BCUT2D eigenvalue weighted by atomic mass is 19.1. The van der Waals surface area contributed by atoms with Crippen molar-refractivity contribution in [2.24, 2.45) is 4.99 Å².